The Hall–Kier alpha value is -2.55. The molecule has 2 aliphatic heterocycles. The molecule has 1 saturated carbocycles. The maximum absolute atomic E-state index is 12.9. The predicted molar refractivity (Wildman–Crippen MR) is 152 cm³/mol. The first kappa shape index (κ1) is 27.0. The van der Waals surface area contributed by atoms with E-state index in [9.17, 15) is 13.2 Å². The second-order valence-corrected chi connectivity index (χ2v) is 12.5. The lowest BCUT2D eigenvalue weighted by molar-refractivity contribution is 0.0966. The highest BCUT2D eigenvalue weighted by atomic mass is 35.5. The van der Waals surface area contributed by atoms with Crippen LogP contribution in [0.5, 0.6) is 5.75 Å². The van der Waals surface area contributed by atoms with Crippen LogP contribution in [-0.4, -0.2) is 43.1 Å². The van der Waals surface area contributed by atoms with Crippen molar-refractivity contribution in [1.82, 2.24) is 15.2 Å². The van der Waals surface area contributed by atoms with Crippen molar-refractivity contribution in [2.45, 2.75) is 64.5 Å². The van der Waals surface area contributed by atoms with E-state index in [2.05, 4.69) is 39.5 Å². The zero-order valence-electron chi connectivity index (χ0n) is 21.6. The highest BCUT2D eigenvalue weighted by molar-refractivity contribution is 7.87. The molecule has 0 unspecified atom stereocenters. The highest BCUT2D eigenvalue weighted by Gasteiger charge is 2.30. The maximum atomic E-state index is 12.9. The summed E-state index contributed by atoms with van der Waals surface area (Å²) in [5.41, 5.74) is 5.00. The largest absolute Gasteiger partial charge is 0.382 e. The zero-order valence-corrected chi connectivity index (χ0v) is 23.3. The van der Waals surface area contributed by atoms with E-state index in [0.29, 0.717) is 11.1 Å². The van der Waals surface area contributed by atoms with Gasteiger partial charge in [0.1, 0.15) is 5.75 Å². The van der Waals surface area contributed by atoms with Crippen molar-refractivity contribution in [3.8, 4) is 17.0 Å². The zero-order chi connectivity index (χ0) is 25.4. The van der Waals surface area contributed by atoms with Gasteiger partial charge < -0.3 is 14.5 Å². The van der Waals surface area contributed by atoms with Crippen molar-refractivity contribution in [2.75, 3.05) is 18.8 Å². The van der Waals surface area contributed by atoms with Gasteiger partial charge in [0.25, 0.3) is 5.91 Å². The molecule has 38 heavy (non-hydrogen) atoms. The monoisotopic (exact) mass is 557 g/mol. The van der Waals surface area contributed by atoms with E-state index in [1.807, 2.05) is 0 Å². The number of H-pyrrole nitrogens is 1. The first-order chi connectivity index (χ1) is 17.9. The fourth-order valence-corrected chi connectivity index (χ4v) is 7.65. The van der Waals surface area contributed by atoms with Crippen molar-refractivity contribution >= 4 is 39.3 Å². The van der Waals surface area contributed by atoms with Crippen molar-refractivity contribution in [1.29, 1.82) is 0 Å². The molecule has 3 aliphatic rings. The van der Waals surface area contributed by atoms with Gasteiger partial charge in [0.15, 0.2) is 0 Å². The molecule has 1 saturated heterocycles. The highest BCUT2D eigenvalue weighted by Crippen LogP contribution is 2.37. The number of piperidine rings is 1. The number of carbonyl (C=O) groups is 1. The molecule has 3 heterocycles. The van der Waals surface area contributed by atoms with Crippen molar-refractivity contribution in [2.24, 2.45) is 5.92 Å². The van der Waals surface area contributed by atoms with Gasteiger partial charge in [-0.05, 0) is 80.6 Å². The third kappa shape index (κ3) is 5.72. The molecule has 1 amide bonds. The second kappa shape index (κ2) is 11.3. The number of nitrogens with zero attached hydrogens (tertiary/aromatic N) is 1. The van der Waals surface area contributed by atoms with E-state index < -0.39 is 10.1 Å². The lowest BCUT2D eigenvalue weighted by Gasteiger charge is -2.26. The number of nitrogens with one attached hydrogen (secondary N) is 2. The van der Waals surface area contributed by atoms with Gasteiger partial charge in [-0.1, -0.05) is 31.7 Å². The molecule has 2 fully saturated rings. The van der Waals surface area contributed by atoms with Crippen LogP contribution in [0.1, 0.15) is 72.9 Å². The average molecular weight is 558 g/mol. The van der Waals surface area contributed by atoms with Gasteiger partial charge in [-0.15, -0.1) is 12.4 Å². The van der Waals surface area contributed by atoms with Gasteiger partial charge in [0.05, 0.1) is 11.3 Å². The first-order valence-corrected chi connectivity index (χ1v) is 15.2. The summed E-state index contributed by atoms with van der Waals surface area (Å²) in [5.74, 6) is 0.238. The molecule has 0 bridgehead atoms. The first-order valence-electron chi connectivity index (χ1n) is 13.7. The maximum Gasteiger partial charge on any atom is 0.309 e. The number of benzene rings is 2. The Kier molecular flexibility index (Phi) is 8.03. The second-order valence-electron chi connectivity index (χ2n) is 10.9. The Morgan fingerprint density at radius 3 is 2.50 bits per heavy atom. The summed E-state index contributed by atoms with van der Waals surface area (Å²) in [7, 11) is -3.74. The molecule has 0 spiro atoms. The van der Waals surface area contributed by atoms with E-state index in [-0.39, 0.29) is 42.3 Å². The van der Waals surface area contributed by atoms with Crippen LogP contribution in [0.3, 0.4) is 0 Å². The Labute approximate surface area is 230 Å². The quantitative estimate of drug-likeness (QED) is 0.360. The van der Waals surface area contributed by atoms with Crippen LogP contribution in [0.2, 0.25) is 0 Å². The molecular formula is C29H36ClN3O4S. The predicted octanol–water partition coefficient (Wildman–Crippen LogP) is 5.77. The lowest BCUT2D eigenvalue weighted by atomic mass is 9.91. The summed E-state index contributed by atoms with van der Waals surface area (Å²) < 4.78 is 31.3. The van der Waals surface area contributed by atoms with Crippen LogP contribution in [-0.2, 0) is 23.2 Å². The molecule has 1 aliphatic carbocycles. The van der Waals surface area contributed by atoms with Crippen LogP contribution >= 0.6 is 12.4 Å². The number of fused-ring (bicyclic) bond motifs is 2. The van der Waals surface area contributed by atoms with E-state index in [4.69, 9.17) is 4.18 Å². The summed E-state index contributed by atoms with van der Waals surface area (Å²) in [6.07, 6.45) is 9.05. The van der Waals surface area contributed by atoms with Crippen LogP contribution in [0.25, 0.3) is 22.2 Å². The molecule has 2 aromatic carbocycles. The minimum atomic E-state index is -3.74. The molecule has 9 heteroatoms. The molecule has 0 radical (unpaired) electrons. The van der Waals surface area contributed by atoms with E-state index in [0.717, 1.165) is 67.5 Å². The van der Waals surface area contributed by atoms with Crippen molar-refractivity contribution in [3.63, 3.8) is 0 Å². The Morgan fingerprint density at radius 2 is 1.71 bits per heavy atom. The molecule has 0 atom stereocenters. The molecular weight excluding hydrogens is 522 g/mol. The van der Waals surface area contributed by atoms with Crippen molar-refractivity contribution < 1.29 is 17.4 Å². The van der Waals surface area contributed by atoms with Crippen LogP contribution in [0, 0.1) is 5.92 Å². The topological polar surface area (TPSA) is 91.5 Å². The normalized spacial score (nSPS) is 18.7. The van der Waals surface area contributed by atoms with Crippen molar-refractivity contribution in [3.05, 3.63) is 53.1 Å². The minimum absolute atomic E-state index is 0. The van der Waals surface area contributed by atoms with Crippen LogP contribution in [0.15, 0.2) is 36.4 Å². The van der Waals surface area contributed by atoms with E-state index >= 15 is 0 Å². The standard InChI is InChI=1S/C29H35N3O4S.ClH/c33-29-28-23(26-16-22-15-21(9-11-25(22)31-26)18-32-13-5-2-6-14-32)10-12-27(24(28)17-30-29)36-37(34,35)19-20-7-3-1-4-8-20;/h9-12,15-16,20,31H,1-8,13-14,17-19H2,(H,30,33);1H. The smallest absolute Gasteiger partial charge is 0.309 e. The summed E-state index contributed by atoms with van der Waals surface area (Å²) in [6, 6.07) is 12.1. The van der Waals surface area contributed by atoms with Gasteiger partial charge >= 0.3 is 10.1 Å². The summed E-state index contributed by atoms with van der Waals surface area (Å²) >= 11 is 0. The number of hydrogen-bond acceptors (Lipinski definition) is 5. The van der Waals surface area contributed by atoms with Gasteiger partial charge in [-0.2, -0.15) is 8.42 Å². The van der Waals surface area contributed by atoms with Gasteiger partial charge in [-0.25, -0.2) is 0 Å². The fourth-order valence-electron chi connectivity index (χ4n) is 6.24. The molecule has 6 rings (SSSR count). The molecule has 3 aromatic rings. The number of rotatable bonds is 7. The Morgan fingerprint density at radius 1 is 0.947 bits per heavy atom. The van der Waals surface area contributed by atoms with Gasteiger partial charge in [-0.3, -0.25) is 9.69 Å². The minimum Gasteiger partial charge on any atom is -0.382 e. The summed E-state index contributed by atoms with van der Waals surface area (Å²) in [5, 5.41) is 3.96. The third-order valence-corrected chi connectivity index (χ3v) is 9.45. The number of aromatic amines is 1. The molecule has 1 aromatic heterocycles. The Bertz CT molecular complexity index is 1420. The number of halogens is 1. The third-order valence-electron chi connectivity index (χ3n) is 8.13. The van der Waals surface area contributed by atoms with E-state index in [1.165, 1.54) is 31.2 Å². The Balaban J connectivity index is 0.00000294. The number of aromatic nitrogens is 1. The van der Waals surface area contributed by atoms with Gasteiger partial charge in [0, 0.05) is 40.8 Å². The number of amides is 1. The summed E-state index contributed by atoms with van der Waals surface area (Å²) in [4.78, 5) is 18.8. The molecule has 204 valence electrons. The number of hydrogen-bond donors (Lipinski definition) is 2. The summed E-state index contributed by atoms with van der Waals surface area (Å²) in [6.45, 7) is 3.52. The lowest BCUT2D eigenvalue weighted by Crippen LogP contribution is -2.28. The molecule has 7 nitrogen and oxygen atoms in total. The SMILES string of the molecule is Cl.O=C1NCc2c(OS(=O)(=O)CC3CCCCC3)ccc(-c3cc4cc(CN5CCCCC5)ccc4[nH]3)c21. The molecule has 2 N–H and O–H groups in total. The number of likely N-dealkylation sites (tertiary alicyclic amines) is 1. The van der Waals surface area contributed by atoms with Crippen LogP contribution in [0.4, 0.5) is 0 Å². The van der Waals surface area contributed by atoms with Crippen LogP contribution < -0.4 is 9.50 Å². The fraction of sp³-hybridized carbons (Fsp3) is 0.483. The van der Waals surface area contributed by atoms with E-state index in [1.54, 1.807) is 12.1 Å². The van der Waals surface area contributed by atoms with Gasteiger partial charge in [0.2, 0.25) is 0 Å². The average Bonchev–Trinajstić information content (AvgIpc) is 3.49. The number of carbonyl (C=O) groups excluding carboxylic acids is 1.